The van der Waals surface area contributed by atoms with Crippen molar-refractivity contribution in [1.82, 2.24) is 19.7 Å². The molecule has 0 atom stereocenters. The molecule has 0 amide bonds. The highest BCUT2D eigenvalue weighted by atomic mass is 32.1. The van der Waals surface area contributed by atoms with Gasteiger partial charge in [0.05, 0.1) is 17.8 Å². The highest BCUT2D eigenvalue weighted by Gasteiger charge is 2.07. The second-order valence-corrected chi connectivity index (χ2v) is 5.00. The van der Waals surface area contributed by atoms with Gasteiger partial charge < -0.3 is 4.98 Å². The normalized spacial score (nSPS) is 10.9. The Morgan fingerprint density at radius 3 is 3.11 bits per heavy atom. The molecule has 0 bridgehead atoms. The number of fused-ring (bicyclic) bond motifs is 1. The van der Waals surface area contributed by atoms with E-state index in [1.165, 1.54) is 15.9 Å². The largest absolute Gasteiger partial charge is 0.331 e. The minimum atomic E-state index is -0.0885. The summed E-state index contributed by atoms with van der Waals surface area (Å²) >= 11 is 6.60. The highest BCUT2D eigenvalue weighted by molar-refractivity contribution is 7.71. The number of nitrogens with one attached hydrogen (secondary N) is 1. The van der Waals surface area contributed by atoms with Crippen molar-refractivity contribution in [2.75, 3.05) is 0 Å². The molecule has 3 aromatic heterocycles. The molecular formula is C11H8N4OS2. The first-order valence-electron chi connectivity index (χ1n) is 5.22. The van der Waals surface area contributed by atoms with Crippen LogP contribution in [0.5, 0.6) is 0 Å². The van der Waals surface area contributed by atoms with E-state index < -0.39 is 0 Å². The van der Waals surface area contributed by atoms with E-state index >= 15 is 0 Å². The van der Waals surface area contributed by atoms with Crippen LogP contribution >= 0.6 is 23.6 Å². The predicted molar refractivity (Wildman–Crippen MR) is 72.4 cm³/mol. The van der Waals surface area contributed by atoms with Crippen LogP contribution in [0.3, 0.4) is 0 Å². The molecule has 3 rings (SSSR count). The molecule has 0 aromatic carbocycles. The first kappa shape index (κ1) is 11.2. The Morgan fingerprint density at radius 1 is 1.44 bits per heavy atom. The second kappa shape index (κ2) is 4.43. The van der Waals surface area contributed by atoms with Gasteiger partial charge in [-0.3, -0.25) is 9.36 Å². The number of aromatic nitrogens is 4. The van der Waals surface area contributed by atoms with Crippen molar-refractivity contribution in [2.24, 2.45) is 0 Å². The lowest BCUT2D eigenvalue weighted by Gasteiger charge is -2.04. The van der Waals surface area contributed by atoms with E-state index in [0.717, 1.165) is 5.52 Å². The first-order valence-corrected chi connectivity index (χ1v) is 6.51. The molecule has 0 spiro atoms. The van der Waals surface area contributed by atoms with Gasteiger partial charge in [0.25, 0.3) is 5.56 Å². The number of aromatic amines is 1. The van der Waals surface area contributed by atoms with Crippen LogP contribution < -0.4 is 5.56 Å². The molecule has 0 radical (unpaired) electrons. The molecule has 90 valence electrons. The summed E-state index contributed by atoms with van der Waals surface area (Å²) in [6.07, 6.45) is 1.59. The van der Waals surface area contributed by atoms with Crippen molar-refractivity contribution in [3.05, 3.63) is 50.6 Å². The Labute approximate surface area is 111 Å². The summed E-state index contributed by atoms with van der Waals surface area (Å²) in [6.45, 7) is 0.329. The van der Waals surface area contributed by atoms with Gasteiger partial charge in [0.15, 0.2) is 4.77 Å². The zero-order valence-electron chi connectivity index (χ0n) is 9.16. The van der Waals surface area contributed by atoms with Crippen LogP contribution in [-0.2, 0) is 6.54 Å². The summed E-state index contributed by atoms with van der Waals surface area (Å²) in [7, 11) is 0. The maximum Gasteiger partial charge on any atom is 0.272 e. The lowest BCUT2D eigenvalue weighted by molar-refractivity contribution is 0.705. The molecule has 1 N–H and O–H groups in total. The second-order valence-electron chi connectivity index (χ2n) is 3.70. The molecule has 5 nitrogen and oxygen atoms in total. The molecule has 0 aliphatic carbocycles. The molecule has 0 unspecified atom stereocenters. The van der Waals surface area contributed by atoms with Gasteiger partial charge in [-0.05, 0) is 35.8 Å². The lowest BCUT2D eigenvalue weighted by Crippen LogP contribution is -2.22. The Morgan fingerprint density at radius 2 is 2.33 bits per heavy atom. The molecular weight excluding hydrogens is 268 g/mol. The molecule has 0 saturated heterocycles. The number of rotatable bonds is 2. The zero-order valence-corrected chi connectivity index (χ0v) is 10.8. The topological polar surface area (TPSA) is 63.6 Å². The van der Waals surface area contributed by atoms with Crippen LogP contribution in [0.1, 0.15) is 5.69 Å². The lowest BCUT2D eigenvalue weighted by atomic mass is 10.4. The van der Waals surface area contributed by atoms with Gasteiger partial charge >= 0.3 is 0 Å². The fourth-order valence-electron chi connectivity index (χ4n) is 1.69. The molecule has 0 saturated carbocycles. The molecule has 0 fully saturated rings. The number of hydrogen-bond acceptors (Lipinski definition) is 5. The zero-order chi connectivity index (χ0) is 12.5. The van der Waals surface area contributed by atoms with Crippen molar-refractivity contribution in [3.8, 4) is 0 Å². The van der Waals surface area contributed by atoms with Crippen LogP contribution in [0.4, 0.5) is 0 Å². The van der Waals surface area contributed by atoms with E-state index in [1.807, 2.05) is 17.5 Å². The van der Waals surface area contributed by atoms with Crippen molar-refractivity contribution in [3.63, 3.8) is 0 Å². The highest BCUT2D eigenvalue weighted by Crippen LogP contribution is 2.14. The third-order valence-corrected chi connectivity index (χ3v) is 3.76. The molecule has 0 aliphatic heterocycles. The summed E-state index contributed by atoms with van der Waals surface area (Å²) in [5.41, 5.74) is 1.40. The predicted octanol–water partition coefficient (Wildman–Crippen LogP) is 1.96. The van der Waals surface area contributed by atoms with Crippen LogP contribution in [0.2, 0.25) is 0 Å². The van der Waals surface area contributed by atoms with Crippen molar-refractivity contribution < 1.29 is 0 Å². The van der Waals surface area contributed by atoms with E-state index in [2.05, 4.69) is 15.2 Å². The Hall–Kier alpha value is -1.86. The summed E-state index contributed by atoms with van der Waals surface area (Å²) in [5.74, 6) is 0. The van der Waals surface area contributed by atoms with Crippen molar-refractivity contribution in [2.45, 2.75) is 6.54 Å². The van der Waals surface area contributed by atoms with Gasteiger partial charge in [0.2, 0.25) is 0 Å². The van der Waals surface area contributed by atoms with E-state index in [-0.39, 0.29) is 5.56 Å². The van der Waals surface area contributed by atoms with Gasteiger partial charge in [-0.15, -0.1) is 11.3 Å². The van der Waals surface area contributed by atoms with Gasteiger partial charge in [0, 0.05) is 6.20 Å². The van der Waals surface area contributed by atoms with Gasteiger partial charge in [-0.2, -0.15) is 10.2 Å². The van der Waals surface area contributed by atoms with Crippen molar-refractivity contribution >= 4 is 33.8 Å². The monoisotopic (exact) mass is 276 g/mol. The molecule has 7 heteroatoms. The summed E-state index contributed by atoms with van der Waals surface area (Å²) in [6, 6.07) is 5.44. The number of H-pyrrole nitrogens is 1. The SMILES string of the molecule is O=c1c2sccc2[nH]c(=S)n1Cc1cccnn1. The van der Waals surface area contributed by atoms with Gasteiger partial charge in [0.1, 0.15) is 4.70 Å². The minimum Gasteiger partial charge on any atom is -0.331 e. The third-order valence-electron chi connectivity index (χ3n) is 2.54. The first-order chi connectivity index (χ1) is 8.75. The fraction of sp³-hybridized carbons (Fsp3) is 0.0909. The Bertz CT molecular complexity index is 803. The average Bonchev–Trinajstić information content (AvgIpc) is 2.84. The van der Waals surface area contributed by atoms with Gasteiger partial charge in [-0.25, -0.2) is 0 Å². The van der Waals surface area contributed by atoms with Crippen LogP contribution in [0.15, 0.2) is 34.6 Å². The molecule has 3 aromatic rings. The van der Waals surface area contributed by atoms with Crippen LogP contribution in [0, 0.1) is 4.77 Å². The van der Waals surface area contributed by atoms with Gasteiger partial charge in [-0.1, -0.05) is 0 Å². The summed E-state index contributed by atoms with van der Waals surface area (Å²) in [5, 5.41) is 9.61. The maximum atomic E-state index is 12.3. The van der Waals surface area contributed by atoms with Crippen LogP contribution in [-0.4, -0.2) is 19.7 Å². The maximum absolute atomic E-state index is 12.3. The van der Waals surface area contributed by atoms with E-state index in [0.29, 0.717) is 21.7 Å². The van der Waals surface area contributed by atoms with Crippen molar-refractivity contribution in [1.29, 1.82) is 0 Å². The Kier molecular flexibility index (Phi) is 2.77. The number of nitrogens with zero attached hydrogens (tertiary/aromatic N) is 3. The molecule has 3 heterocycles. The standard InChI is InChI=1S/C11H8N4OS2/c16-10-9-8(3-5-18-9)13-11(17)15(10)6-7-2-1-4-12-14-7/h1-5H,6H2,(H,13,17). The fourth-order valence-corrected chi connectivity index (χ4v) is 2.75. The Balaban J connectivity index is 2.18. The molecule has 18 heavy (non-hydrogen) atoms. The smallest absolute Gasteiger partial charge is 0.272 e. The van der Waals surface area contributed by atoms with E-state index in [1.54, 1.807) is 12.3 Å². The summed E-state index contributed by atoms with van der Waals surface area (Å²) in [4.78, 5) is 15.3. The minimum absolute atomic E-state index is 0.0885. The molecule has 0 aliphatic rings. The van der Waals surface area contributed by atoms with Crippen LogP contribution in [0.25, 0.3) is 10.2 Å². The summed E-state index contributed by atoms with van der Waals surface area (Å²) < 4.78 is 2.57. The number of thiophene rings is 1. The van der Waals surface area contributed by atoms with E-state index in [4.69, 9.17) is 12.2 Å². The number of hydrogen-bond donors (Lipinski definition) is 1. The van der Waals surface area contributed by atoms with E-state index in [9.17, 15) is 4.79 Å². The quantitative estimate of drug-likeness (QED) is 0.727. The average molecular weight is 276 g/mol. The third kappa shape index (κ3) is 1.87.